The molecule has 0 radical (unpaired) electrons. The van der Waals surface area contributed by atoms with Crippen LogP contribution in [0.15, 0.2) is 0 Å². The topological polar surface area (TPSA) is 101 Å². The monoisotopic (exact) mass is 271 g/mol. The molecule has 0 aromatic carbocycles. The first-order valence-corrected chi connectivity index (χ1v) is 8.38. The van der Waals surface area contributed by atoms with Crippen LogP contribution in [-0.2, 0) is 19.9 Å². The Morgan fingerprint density at radius 3 is 2.31 bits per heavy atom. The molecule has 0 bridgehead atoms. The van der Waals surface area contributed by atoms with Gasteiger partial charge < -0.3 is 5.11 Å². The van der Waals surface area contributed by atoms with Gasteiger partial charge in [-0.25, -0.2) is 21.6 Å². The van der Waals surface area contributed by atoms with Crippen molar-refractivity contribution in [2.24, 2.45) is 5.92 Å². The molecule has 1 aliphatic rings. The highest BCUT2D eigenvalue weighted by molar-refractivity contribution is 7.95. The highest BCUT2D eigenvalue weighted by Gasteiger charge is 2.44. The number of aliphatic hydroxyl groups excluding tert-OH is 1. The van der Waals surface area contributed by atoms with Crippen molar-refractivity contribution in [2.75, 3.05) is 18.1 Å². The molecule has 6 nitrogen and oxygen atoms in total. The van der Waals surface area contributed by atoms with Gasteiger partial charge in [0.25, 0.3) is 0 Å². The fourth-order valence-corrected chi connectivity index (χ4v) is 5.84. The van der Waals surface area contributed by atoms with Crippen molar-refractivity contribution < 1.29 is 21.9 Å². The third-order valence-corrected chi connectivity index (χ3v) is 6.14. The summed E-state index contributed by atoms with van der Waals surface area (Å²) in [5.74, 6) is -0.841. The van der Waals surface area contributed by atoms with Crippen LogP contribution in [0.25, 0.3) is 0 Å². The summed E-state index contributed by atoms with van der Waals surface area (Å²) < 4.78 is 48.1. The summed E-state index contributed by atoms with van der Waals surface area (Å²) in [7, 11) is -7.19. The van der Waals surface area contributed by atoms with E-state index in [0.717, 1.165) is 0 Å². The van der Waals surface area contributed by atoms with Gasteiger partial charge >= 0.3 is 0 Å². The molecule has 8 heteroatoms. The predicted molar refractivity (Wildman–Crippen MR) is 60.2 cm³/mol. The maximum atomic E-state index is 11.7. The minimum atomic E-state index is -3.75. The number of nitrogens with one attached hydrogen (secondary N) is 1. The molecule has 0 aromatic rings. The van der Waals surface area contributed by atoms with Crippen molar-refractivity contribution in [2.45, 2.75) is 25.2 Å². The van der Waals surface area contributed by atoms with Crippen molar-refractivity contribution >= 4 is 19.9 Å². The van der Waals surface area contributed by atoms with Crippen molar-refractivity contribution in [3.8, 4) is 0 Å². The van der Waals surface area contributed by atoms with E-state index in [1.807, 2.05) is 13.8 Å². The molecule has 96 valence electrons. The quantitative estimate of drug-likeness (QED) is 0.663. The Balaban J connectivity index is 2.78. The van der Waals surface area contributed by atoms with E-state index in [0.29, 0.717) is 0 Å². The van der Waals surface area contributed by atoms with Crippen LogP contribution < -0.4 is 4.72 Å². The average Bonchev–Trinajstić information content (AvgIpc) is 2.37. The van der Waals surface area contributed by atoms with E-state index in [9.17, 15) is 21.9 Å². The summed E-state index contributed by atoms with van der Waals surface area (Å²) in [5, 5.41) is 8.19. The minimum Gasteiger partial charge on any atom is -0.391 e. The Bertz CT molecular complexity index is 439. The van der Waals surface area contributed by atoms with Crippen LogP contribution in [-0.4, -0.2) is 51.3 Å². The van der Waals surface area contributed by atoms with Gasteiger partial charge in [0.15, 0.2) is 9.84 Å². The highest BCUT2D eigenvalue weighted by Crippen LogP contribution is 2.19. The van der Waals surface area contributed by atoms with Crippen molar-refractivity contribution in [3.05, 3.63) is 0 Å². The number of hydrogen-bond donors (Lipinski definition) is 2. The Hall–Kier alpha value is -0.180. The van der Waals surface area contributed by atoms with E-state index in [-0.39, 0.29) is 12.5 Å². The van der Waals surface area contributed by atoms with Crippen molar-refractivity contribution in [1.82, 2.24) is 4.72 Å². The lowest BCUT2D eigenvalue weighted by Crippen LogP contribution is -2.42. The molecule has 2 N–H and O–H groups in total. The third kappa shape index (κ3) is 3.41. The standard InChI is InChI=1S/C8H17NO5S2/c1-6(2)3-9-16(13,14)8-5-15(11,12)4-7(8)10/h6-10H,3-5H2,1-2H3/t7-,8-/m0/s1. The highest BCUT2D eigenvalue weighted by atomic mass is 32.2. The summed E-state index contributed by atoms with van der Waals surface area (Å²) in [6.07, 6.45) is -1.32. The largest absolute Gasteiger partial charge is 0.391 e. The molecule has 16 heavy (non-hydrogen) atoms. The van der Waals surface area contributed by atoms with E-state index in [1.165, 1.54) is 0 Å². The zero-order chi connectivity index (χ0) is 12.6. The van der Waals surface area contributed by atoms with E-state index in [2.05, 4.69) is 4.72 Å². The van der Waals surface area contributed by atoms with Gasteiger partial charge in [0.05, 0.1) is 17.6 Å². The maximum absolute atomic E-state index is 11.7. The molecule has 1 aliphatic heterocycles. The molecule has 0 aromatic heterocycles. The number of sulfone groups is 1. The van der Waals surface area contributed by atoms with E-state index in [4.69, 9.17) is 0 Å². The molecule has 0 saturated carbocycles. The zero-order valence-corrected chi connectivity index (χ0v) is 10.9. The second kappa shape index (κ2) is 4.59. The van der Waals surface area contributed by atoms with Gasteiger partial charge in [-0.3, -0.25) is 0 Å². The lowest BCUT2D eigenvalue weighted by atomic mass is 10.2. The van der Waals surface area contributed by atoms with Crippen LogP contribution in [0.3, 0.4) is 0 Å². The predicted octanol–water partition coefficient (Wildman–Crippen LogP) is -1.28. The Labute approximate surface area is 96.0 Å². The van der Waals surface area contributed by atoms with Gasteiger partial charge in [0.2, 0.25) is 10.0 Å². The van der Waals surface area contributed by atoms with Crippen molar-refractivity contribution in [1.29, 1.82) is 0 Å². The zero-order valence-electron chi connectivity index (χ0n) is 9.25. The minimum absolute atomic E-state index is 0.130. The number of hydrogen-bond acceptors (Lipinski definition) is 5. The fraction of sp³-hybridized carbons (Fsp3) is 1.00. The van der Waals surface area contributed by atoms with Crippen LogP contribution in [0, 0.1) is 5.92 Å². The normalized spacial score (nSPS) is 29.8. The van der Waals surface area contributed by atoms with Gasteiger partial charge in [0, 0.05) is 6.54 Å². The third-order valence-electron chi connectivity index (χ3n) is 2.36. The SMILES string of the molecule is CC(C)CNS(=O)(=O)[C@H]1CS(=O)(=O)C[C@@H]1O. The van der Waals surface area contributed by atoms with Gasteiger partial charge in [-0.15, -0.1) is 0 Å². The number of sulfonamides is 1. The molecule has 1 saturated heterocycles. The average molecular weight is 271 g/mol. The maximum Gasteiger partial charge on any atom is 0.218 e. The van der Waals surface area contributed by atoms with Crippen LogP contribution >= 0.6 is 0 Å². The molecule has 1 rings (SSSR count). The smallest absolute Gasteiger partial charge is 0.218 e. The van der Waals surface area contributed by atoms with Gasteiger partial charge in [-0.2, -0.15) is 0 Å². The number of aliphatic hydroxyl groups is 1. The summed E-state index contributed by atoms with van der Waals surface area (Å²) in [5.41, 5.74) is 0. The van der Waals surface area contributed by atoms with Crippen LogP contribution in [0.5, 0.6) is 0 Å². The van der Waals surface area contributed by atoms with Crippen LogP contribution in [0.1, 0.15) is 13.8 Å². The molecule has 0 spiro atoms. The fourth-order valence-electron chi connectivity index (χ4n) is 1.48. The number of rotatable bonds is 4. The van der Waals surface area contributed by atoms with Gasteiger partial charge in [-0.05, 0) is 5.92 Å². The Morgan fingerprint density at radius 1 is 1.38 bits per heavy atom. The van der Waals surface area contributed by atoms with E-state index < -0.39 is 42.7 Å². The van der Waals surface area contributed by atoms with E-state index >= 15 is 0 Å². The molecule has 0 amide bonds. The molecular weight excluding hydrogens is 254 g/mol. The van der Waals surface area contributed by atoms with Crippen LogP contribution in [0.2, 0.25) is 0 Å². The first-order chi connectivity index (χ1) is 7.14. The molecule has 1 heterocycles. The molecule has 0 aliphatic carbocycles. The summed E-state index contributed by atoms with van der Waals surface area (Å²) in [6.45, 7) is 3.92. The Morgan fingerprint density at radius 2 is 1.94 bits per heavy atom. The van der Waals surface area contributed by atoms with Gasteiger partial charge in [0.1, 0.15) is 5.25 Å². The Kier molecular flexibility index (Phi) is 3.99. The summed E-state index contributed by atoms with van der Waals surface area (Å²) in [4.78, 5) is 0. The molecular formula is C8H17NO5S2. The molecule has 1 fully saturated rings. The van der Waals surface area contributed by atoms with Crippen molar-refractivity contribution in [3.63, 3.8) is 0 Å². The first-order valence-electron chi connectivity index (χ1n) is 5.01. The first kappa shape index (κ1) is 13.9. The second-order valence-electron chi connectivity index (χ2n) is 4.47. The molecule has 2 atom stereocenters. The summed E-state index contributed by atoms with van der Waals surface area (Å²) in [6, 6.07) is 0. The van der Waals surface area contributed by atoms with Crippen LogP contribution in [0.4, 0.5) is 0 Å². The summed E-state index contributed by atoms with van der Waals surface area (Å²) >= 11 is 0. The van der Waals surface area contributed by atoms with Gasteiger partial charge in [-0.1, -0.05) is 13.8 Å². The second-order valence-corrected chi connectivity index (χ2v) is 8.61. The van der Waals surface area contributed by atoms with E-state index in [1.54, 1.807) is 0 Å². The lowest BCUT2D eigenvalue weighted by molar-refractivity contribution is 0.203. The molecule has 0 unspecified atom stereocenters. The lowest BCUT2D eigenvalue weighted by Gasteiger charge is -2.15.